The molecular weight excluding hydrogens is 270 g/mol. The summed E-state index contributed by atoms with van der Waals surface area (Å²) in [7, 11) is 1.75. The number of β-amino-alcohol motifs (C(OH)–C–C–N with tert-alkyl or cyclic N) is 2. The Hall–Kier alpha value is -1.37. The van der Waals surface area contributed by atoms with Crippen LogP contribution in [0.2, 0.25) is 5.02 Å². The number of rotatable bonds is 3. The molecule has 1 fully saturated rings. The van der Waals surface area contributed by atoms with Crippen LogP contribution >= 0.6 is 11.6 Å². The normalized spacial score (nSPS) is 22.6. The zero-order chi connectivity index (χ0) is 14.0. The number of carbonyl (C=O) groups excluding carboxylic acids is 1. The van der Waals surface area contributed by atoms with Gasteiger partial charge in [-0.25, -0.2) is 4.98 Å². The molecule has 1 amide bonds. The van der Waals surface area contributed by atoms with Crippen molar-refractivity contribution >= 4 is 23.3 Å². The van der Waals surface area contributed by atoms with E-state index < -0.39 is 12.2 Å². The van der Waals surface area contributed by atoms with Crippen LogP contribution in [0.15, 0.2) is 18.3 Å². The maximum atomic E-state index is 12.0. The van der Waals surface area contributed by atoms with E-state index in [0.29, 0.717) is 10.8 Å². The molecule has 2 rings (SSSR count). The summed E-state index contributed by atoms with van der Waals surface area (Å²) in [6.45, 7) is 0.470. The summed E-state index contributed by atoms with van der Waals surface area (Å²) in [4.78, 5) is 19.2. The summed E-state index contributed by atoms with van der Waals surface area (Å²) in [5.74, 6) is 0.480. The third-order valence-corrected chi connectivity index (χ3v) is 3.31. The zero-order valence-corrected chi connectivity index (χ0v) is 11.3. The molecule has 19 heavy (non-hydrogen) atoms. The molecule has 6 nitrogen and oxygen atoms in total. The van der Waals surface area contributed by atoms with Gasteiger partial charge >= 0.3 is 0 Å². The SMILES string of the molecule is CN(CC(=O)N1C[C@@H](O)[C@@H](O)C1)c1ccc(Cl)cn1. The van der Waals surface area contributed by atoms with Gasteiger partial charge in [0.25, 0.3) is 0 Å². The van der Waals surface area contributed by atoms with Gasteiger partial charge in [0.1, 0.15) is 5.82 Å². The van der Waals surface area contributed by atoms with E-state index >= 15 is 0 Å². The van der Waals surface area contributed by atoms with Gasteiger partial charge in [-0.15, -0.1) is 0 Å². The number of aliphatic hydroxyl groups is 2. The van der Waals surface area contributed by atoms with Gasteiger partial charge in [0.2, 0.25) is 5.91 Å². The lowest BCUT2D eigenvalue weighted by molar-refractivity contribution is -0.129. The average Bonchev–Trinajstić information content (AvgIpc) is 2.70. The maximum absolute atomic E-state index is 12.0. The minimum Gasteiger partial charge on any atom is -0.388 e. The van der Waals surface area contributed by atoms with Gasteiger partial charge in [0.15, 0.2) is 0 Å². The number of likely N-dealkylation sites (tertiary alicyclic amines) is 1. The topological polar surface area (TPSA) is 76.9 Å². The van der Waals surface area contributed by atoms with Gasteiger partial charge in [-0.3, -0.25) is 4.79 Å². The van der Waals surface area contributed by atoms with Crippen molar-refractivity contribution < 1.29 is 15.0 Å². The first-order valence-electron chi connectivity index (χ1n) is 5.94. The Balaban J connectivity index is 1.94. The summed E-state index contributed by atoms with van der Waals surface area (Å²) in [5, 5.41) is 19.4. The van der Waals surface area contributed by atoms with Crippen molar-refractivity contribution in [2.75, 3.05) is 31.6 Å². The van der Waals surface area contributed by atoms with Crippen molar-refractivity contribution in [3.05, 3.63) is 23.4 Å². The predicted octanol–water partition coefficient (Wildman–Crippen LogP) is -0.265. The fourth-order valence-corrected chi connectivity index (χ4v) is 2.06. The number of aliphatic hydroxyl groups excluding tert-OH is 2. The number of halogens is 1. The van der Waals surface area contributed by atoms with Crippen LogP contribution in [-0.2, 0) is 4.79 Å². The zero-order valence-electron chi connectivity index (χ0n) is 10.5. The van der Waals surface area contributed by atoms with E-state index in [2.05, 4.69) is 4.98 Å². The number of nitrogens with zero attached hydrogens (tertiary/aromatic N) is 3. The van der Waals surface area contributed by atoms with E-state index in [9.17, 15) is 15.0 Å². The molecule has 0 spiro atoms. The molecule has 0 saturated carbocycles. The van der Waals surface area contributed by atoms with Crippen molar-refractivity contribution in [3.8, 4) is 0 Å². The number of hydrogen-bond acceptors (Lipinski definition) is 5. The van der Waals surface area contributed by atoms with Crippen LogP contribution in [0, 0.1) is 0 Å². The number of amides is 1. The Morgan fingerprint density at radius 2 is 2.11 bits per heavy atom. The lowest BCUT2D eigenvalue weighted by Gasteiger charge is -2.22. The summed E-state index contributed by atoms with van der Waals surface area (Å²) < 4.78 is 0. The van der Waals surface area contributed by atoms with Crippen LogP contribution in [0.5, 0.6) is 0 Å². The molecular formula is C12H16ClN3O3. The smallest absolute Gasteiger partial charge is 0.242 e. The summed E-state index contributed by atoms with van der Waals surface area (Å²) in [6, 6.07) is 3.43. The van der Waals surface area contributed by atoms with Gasteiger partial charge in [-0.1, -0.05) is 11.6 Å². The summed E-state index contributed by atoms with van der Waals surface area (Å²) >= 11 is 5.75. The molecule has 0 unspecified atom stereocenters. The van der Waals surface area contributed by atoms with Gasteiger partial charge in [-0.2, -0.15) is 0 Å². The molecule has 104 valence electrons. The number of likely N-dealkylation sites (N-methyl/N-ethyl adjacent to an activating group) is 1. The fourth-order valence-electron chi connectivity index (χ4n) is 1.95. The molecule has 2 atom stereocenters. The summed E-state index contributed by atoms with van der Waals surface area (Å²) in [5.41, 5.74) is 0. The van der Waals surface area contributed by atoms with Crippen molar-refractivity contribution in [1.29, 1.82) is 0 Å². The maximum Gasteiger partial charge on any atom is 0.242 e. The monoisotopic (exact) mass is 285 g/mol. The van der Waals surface area contributed by atoms with E-state index in [1.54, 1.807) is 24.1 Å². The highest BCUT2D eigenvalue weighted by Crippen LogP contribution is 2.14. The minimum absolute atomic E-state index is 0.133. The molecule has 1 aliphatic rings. The fraction of sp³-hybridized carbons (Fsp3) is 0.500. The summed E-state index contributed by atoms with van der Waals surface area (Å²) in [6.07, 6.45) is -0.202. The van der Waals surface area contributed by atoms with Crippen molar-refractivity contribution in [2.24, 2.45) is 0 Å². The Morgan fingerprint density at radius 1 is 1.47 bits per heavy atom. The highest BCUT2D eigenvalue weighted by Gasteiger charge is 2.32. The van der Waals surface area contributed by atoms with E-state index in [1.807, 2.05) is 0 Å². The van der Waals surface area contributed by atoms with Crippen LogP contribution in [0.3, 0.4) is 0 Å². The lowest BCUT2D eigenvalue weighted by Crippen LogP contribution is -2.38. The molecule has 2 N–H and O–H groups in total. The Morgan fingerprint density at radius 3 is 2.63 bits per heavy atom. The second-order valence-corrected chi connectivity index (χ2v) is 5.06. The van der Waals surface area contributed by atoms with Gasteiger partial charge in [0, 0.05) is 26.3 Å². The average molecular weight is 286 g/mol. The molecule has 1 aromatic heterocycles. The molecule has 0 aromatic carbocycles. The van der Waals surface area contributed by atoms with Crippen LogP contribution in [0.1, 0.15) is 0 Å². The van der Waals surface area contributed by atoms with E-state index in [1.165, 1.54) is 11.1 Å². The highest BCUT2D eigenvalue weighted by atomic mass is 35.5. The first kappa shape index (κ1) is 14.0. The Kier molecular flexibility index (Phi) is 4.24. The van der Waals surface area contributed by atoms with Crippen LogP contribution in [0.25, 0.3) is 0 Å². The van der Waals surface area contributed by atoms with Crippen LogP contribution < -0.4 is 4.90 Å². The molecule has 2 heterocycles. The Bertz CT molecular complexity index is 444. The molecule has 1 saturated heterocycles. The number of carbonyl (C=O) groups is 1. The highest BCUT2D eigenvalue weighted by molar-refractivity contribution is 6.30. The number of anilines is 1. The molecule has 1 aliphatic heterocycles. The third kappa shape index (κ3) is 3.34. The quantitative estimate of drug-likeness (QED) is 0.800. The molecule has 0 radical (unpaired) electrons. The minimum atomic E-state index is -0.858. The van der Waals surface area contributed by atoms with Crippen molar-refractivity contribution in [2.45, 2.75) is 12.2 Å². The van der Waals surface area contributed by atoms with Crippen LogP contribution in [0.4, 0.5) is 5.82 Å². The number of hydrogen-bond donors (Lipinski definition) is 2. The number of aromatic nitrogens is 1. The largest absolute Gasteiger partial charge is 0.388 e. The van der Waals surface area contributed by atoms with Gasteiger partial charge in [-0.05, 0) is 12.1 Å². The van der Waals surface area contributed by atoms with E-state index in [-0.39, 0.29) is 25.5 Å². The van der Waals surface area contributed by atoms with E-state index in [0.717, 1.165) is 0 Å². The molecule has 0 bridgehead atoms. The Labute approximate surface area is 116 Å². The second kappa shape index (κ2) is 5.73. The molecule has 1 aromatic rings. The first-order valence-corrected chi connectivity index (χ1v) is 6.32. The standard InChI is InChI=1S/C12H16ClN3O3/c1-15(11-3-2-8(13)4-14-11)7-12(19)16-5-9(17)10(18)6-16/h2-4,9-10,17-18H,5-7H2,1H3/t9-,10+. The number of pyridine rings is 1. The molecule has 7 heteroatoms. The lowest BCUT2D eigenvalue weighted by atomic mass is 10.3. The van der Waals surface area contributed by atoms with Gasteiger partial charge in [0.05, 0.1) is 23.8 Å². The molecule has 0 aliphatic carbocycles. The van der Waals surface area contributed by atoms with Crippen molar-refractivity contribution in [1.82, 2.24) is 9.88 Å². The van der Waals surface area contributed by atoms with E-state index in [4.69, 9.17) is 11.6 Å². The first-order chi connectivity index (χ1) is 8.97. The van der Waals surface area contributed by atoms with Crippen LogP contribution in [-0.4, -0.2) is 64.9 Å². The van der Waals surface area contributed by atoms with Gasteiger partial charge < -0.3 is 20.0 Å². The predicted molar refractivity (Wildman–Crippen MR) is 71.1 cm³/mol. The second-order valence-electron chi connectivity index (χ2n) is 4.62. The third-order valence-electron chi connectivity index (χ3n) is 3.09. The van der Waals surface area contributed by atoms with Crippen molar-refractivity contribution in [3.63, 3.8) is 0 Å².